The SMILES string of the molecule is CCOc1ccc(CCC2CCN(CCC(=O)Nc3cc(OC)c(OC)c(OC)c3)CC2)cc1. The molecular formula is C27H38N2O5. The maximum Gasteiger partial charge on any atom is 0.225 e. The molecule has 0 atom stereocenters. The van der Waals surface area contributed by atoms with E-state index in [2.05, 4.69) is 34.5 Å². The Balaban J connectivity index is 1.39. The molecule has 0 spiro atoms. The summed E-state index contributed by atoms with van der Waals surface area (Å²) in [5.74, 6) is 3.21. The summed E-state index contributed by atoms with van der Waals surface area (Å²) in [6, 6.07) is 12.0. The molecule has 0 radical (unpaired) electrons. The van der Waals surface area contributed by atoms with E-state index in [0.717, 1.165) is 37.7 Å². The number of amides is 1. The quantitative estimate of drug-likeness (QED) is 0.481. The van der Waals surface area contributed by atoms with Gasteiger partial charge in [0.05, 0.1) is 27.9 Å². The molecule has 7 heteroatoms. The zero-order valence-corrected chi connectivity index (χ0v) is 20.9. The highest BCUT2D eigenvalue weighted by molar-refractivity contribution is 5.91. The zero-order chi connectivity index (χ0) is 24.3. The second kappa shape index (κ2) is 13.1. The fourth-order valence-electron chi connectivity index (χ4n) is 4.42. The molecule has 1 N–H and O–H groups in total. The Morgan fingerprint density at radius 2 is 1.65 bits per heavy atom. The van der Waals surface area contributed by atoms with Crippen LogP contribution in [0, 0.1) is 5.92 Å². The molecule has 186 valence electrons. The number of nitrogens with zero attached hydrogens (tertiary/aromatic N) is 1. The van der Waals surface area contributed by atoms with E-state index in [1.54, 1.807) is 33.5 Å². The van der Waals surface area contributed by atoms with Crippen LogP contribution in [-0.4, -0.2) is 58.4 Å². The number of likely N-dealkylation sites (tertiary alicyclic amines) is 1. The fourth-order valence-corrected chi connectivity index (χ4v) is 4.42. The third-order valence-corrected chi connectivity index (χ3v) is 6.39. The first-order chi connectivity index (χ1) is 16.6. The van der Waals surface area contributed by atoms with Crippen LogP contribution in [0.3, 0.4) is 0 Å². The molecule has 0 bridgehead atoms. The van der Waals surface area contributed by atoms with Crippen molar-refractivity contribution in [3.63, 3.8) is 0 Å². The van der Waals surface area contributed by atoms with E-state index in [-0.39, 0.29) is 5.91 Å². The Morgan fingerprint density at radius 3 is 2.21 bits per heavy atom. The number of carbonyl (C=O) groups excluding carboxylic acids is 1. The van der Waals surface area contributed by atoms with E-state index in [9.17, 15) is 4.79 Å². The van der Waals surface area contributed by atoms with Crippen molar-refractivity contribution in [2.45, 2.75) is 39.0 Å². The first-order valence-electron chi connectivity index (χ1n) is 12.1. The zero-order valence-electron chi connectivity index (χ0n) is 20.9. The third-order valence-electron chi connectivity index (χ3n) is 6.39. The van der Waals surface area contributed by atoms with Crippen LogP contribution in [0.25, 0.3) is 0 Å². The van der Waals surface area contributed by atoms with Crippen molar-refractivity contribution in [3.8, 4) is 23.0 Å². The number of hydrogen-bond acceptors (Lipinski definition) is 6. The van der Waals surface area contributed by atoms with E-state index in [1.807, 2.05) is 6.92 Å². The number of piperidine rings is 1. The van der Waals surface area contributed by atoms with Crippen LogP contribution >= 0.6 is 0 Å². The predicted molar refractivity (Wildman–Crippen MR) is 134 cm³/mol. The van der Waals surface area contributed by atoms with Gasteiger partial charge in [-0.3, -0.25) is 4.79 Å². The smallest absolute Gasteiger partial charge is 0.225 e. The van der Waals surface area contributed by atoms with Gasteiger partial charge in [-0.1, -0.05) is 12.1 Å². The molecule has 2 aromatic carbocycles. The van der Waals surface area contributed by atoms with Crippen LogP contribution in [0.4, 0.5) is 5.69 Å². The van der Waals surface area contributed by atoms with Gasteiger partial charge in [0.15, 0.2) is 11.5 Å². The largest absolute Gasteiger partial charge is 0.494 e. The normalized spacial score (nSPS) is 14.5. The molecule has 1 saturated heterocycles. The van der Waals surface area contributed by atoms with Crippen LogP contribution in [0.5, 0.6) is 23.0 Å². The molecule has 34 heavy (non-hydrogen) atoms. The number of methoxy groups -OCH3 is 3. The molecule has 0 aliphatic carbocycles. The van der Waals surface area contributed by atoms with Gasteiger partial charge in [0, 0.05) is 30.8 Å². The van der Waals surface area contributed by atoms with Gasteiger partial charge in [-0.25, -0.2) is 0 Å². The summed E-state index contributed by atoms with van der Waals surface area (Å²) in [6.45, 7) is 5.56. The molecule has 1 fully saturated rings. The standard InChI is InChI=1S/C27H38N2O5/c1-5-34-23-10-8-20(9-11-23)6-7-21-12-15-29(16-13-21)17-14-26(30)28-22-18-24(31-2)27(33-4)25(19-22)32-3/h8-11,18-19,21H,5-7,12-17H2,1-4H3,(H,28,30). The minimum Gasteiger partial charge on any atom is -0.494 e. The van der Waals surface area contributed by atoms with Gasteiger partial charge in [-0.15, -0.1) is 0 Å². The molecule has 1 aliphatic rings. The Morgan fingerprint density at radius 1 is 1.00 bits per heavy atom. The maximum absolute atomic E-state index is 12.5. The summed E-state index contributed by atoms with van der Waals surface area (Å²) >= 11 is 0. The lowest BCUT2D eigenvalue weighted by atomic mass is 9.90. The van der Waals surface area contributed by atoms with E-state index >= 15 is 0 Å². The molecule has 1 heterocycles. The number of ether oxygens (including phenoxy) is 4. The lowest BCUT2D eigenvalue weighted by Crippen LogP contribution is -2.35. The fraction of sp³-hybridized carbons (Fsp3) is 0.519. The lowest BCUT2D eigenvalue weighted by Gasteiger charge is -2.31. The van der Waals surface area contributed by atoms with Gasteiger partial charge >= 0.3 is 0 Å². The van der Waals surface area contributed by atoms with Crippen molar-refractivity contribution in [1.29, 1.82) is 0 Å². The highest BCUT2D eigenvalue weighted by atomic mass is 16.5. The third kappa shape index (κ3) is 7.29. The summed E-state index contributed by atoms with van der Waals surface area (Å²) in [6.07, 6.45) is 5.14. The summed E-state index contributed by atoms with van der Waals surface area (Å²) in [7, 11) is 4.68. The Labute approximate surface area is 203 Å². The highest BCUT2D eigenvalue weighted by Crippen LogP contribution is 2.40. The summed E-state index contributed by atoms with van der Waals surface area (Å²) < 4.78 is 21.6. The second-order valence-corrected chi connectivity index (χ2v) is 8.61. The van der Waals surface area contributed by atoms with Crippen molar-refractivity contribution in [2.24, 2.45) is 5.92 Å². The summed E-state index contributed by atoms with van der Waals surface area (Å²) in [4.78, 5) is 14.9. The van der Waals surface area contributed by atoms with E-state index in [4.69, 9.17) is 18.9 Å². The van der Waals surface area contributed by atoms with Crippen LogP contribution < -0.4 is 24.3 Å². The number of anilines is 1. The van der Waals surface area contributed by atoms with Crippen LogP contribution in [-0.2, 0) is 11.2 Å². The average Bonchev–Trinajstić information content (AvgIpc) is 2.87. The van der Waals surface area contributed by atoms with Crippen molar-refractivity contribution >= 4 is 11.6 Å². The number of benzene rings is 2. The van der Waals surface area contributed by atoms with Crippen LogP contribution in [0.1, 0.15) is 38.2 Å². The molecular weight excluding hydrogens is 432 g/mol. The molecule has 1 amide bonds. The minimum absolute atomic E-state index is 0.0214. The van der Waals surface area contributed by atoms with Crippen LogP contribution in [0.2, 0.25) is 0 Å². The Bertz CT molecular complexity index is 883. The van der Waals surface area contributed by atoms with E-state index < -0.39 is 0 Å². The second-order valence-electron chi connectivity index (χ2n) is 8.61. The van der Waals surface area contributed by atoms with Crippen molar-refractivity contribution < 1.29 is 23.7 Å². The van der Waals surface area contributed by atoms with Crippen molar-refractivity contribution in [1.82, 2.24) is 4.90 Å². The van der Waals surface area contributed by atoms with E-state index in [0.29, 0.717) is 36.0 Å². The number of aryl methyl sites for hydroxylation is 1. The predicted octanol–water partition coefficient (Wildman–Crippen LogP) is 4.78. The number of nitrogens with one attached hydrogen (secondary N) is 1. The van der Waals surface area contributed by atoms with Gasteiger partial charge in [-0.05, 0) is 69.3 Å². The first-order valence-corrected chi connectivity index (χ1v) is 12.1. The molecule has 0 saturated carbocycles. The van der Waals surface area contributed by atoms with Gasteiger partial charge in [0.25, 0.3) is 0 Å². The first kappa shape index (κ1) is 25.7. The van der Waals surface area contributed by atoms with Crippen molar-refractivity contribution in [3.05, 3.63) is 42.0 Å². The Kier molecular flexibility index (Phi) is 9.89. The summed E-state index contributed by atoms with van der Waals surface area (Å²) in [5, 5.41) is 2.95. The maximum atomic E-state index is 12.5. The topological polar surface area (TPSA) is 69.3 Å². The van der Waals surface area contributed by atoms with Gasteiger partial charge < -0.3 is 29.2 Å². The van der Waals surface area contributed by atoms with Gasteiger partial charge in [0.2, 0.25) is 11.7 Å². The molecule has 0 aromatic heterocycles. The summed E-state index contributed by atoms with van der Waals surface area (Å²) in [5.41, 5.74) is 2.00. The van der Waals surface area contributed by atoms with Gasteiger partial charge in [0.1, 0.15) is 5.75 Å². The highest BCUT2D eigenvalue weighted by Gasteiger charge is 2.20. The molecule has 0 unspecified atom stereocenters. The average molecular weight is 471 g/mol. The molecule has 3 rings (SSSR count). The van der Waals surface area contributed by atoms with Crippen molar-refractivity contribution in [2.75, 3.05) is 52.9 Å². The van der Waals surface area contributed by atoms with Crippen LogP contribution in [0.15, 0.2) is 36.4 Å². The molecule has 2 aromatic rings. The molecule has 1 aliphatic heterocycles. The molecule has 7 nitrogen and oxygen atoms in total. The minimum atomic E-state index is -0.0214. The number of carbonyl (C=O) groups is 1. The van der Waals surface area contributed by atoms with Gasteiger partial charge in [-0.2, -0.15) is 0 Å². The number of rotatable bonds is 12. The van der Waals surface area contributed by atoms with E-state index in [1.165, 1.54) is 24.8 Å². The Hall–Kier alpha value is -2.93. The number of hydrogen-bond donors (Lipinski definition) is 1. The monoisotopic (exact) mass is 470 g/mol. The lowest BCUT2D eigenvalue weighted by molar-refractivity contribution is -0.116.